The minimum Gasteiger partial charge on any atom is -0.456 e. The molecule has 11 rings (SSSR count). The summed E-state index contributed by atoms with van der Waals surface area (Å²) in [6.07, 6.45) is 9.05. The molecule has 9 aromatic rings. The minimum absolute atomic E-state index is 0.353. The third-order valence-electron chi connectivity index (χ3n) is 11.2. The van der Waals surface area contributed by atoms with Crippen LogP contribution in [-0.2, 0) is 0 Å². The molecule has 0 saturated heterocycles. The molecule has 258 valence electrons. The van der Waals surface area contributed by atoms with Crippen LogP contribution in [0, 0.1) is 0 Å². The van der Waals surface area contributed by atoms with E-state index in [1.54, 1.807) is 0 Å². The van der Waals surface area contributed by atoms with E-state index in [2.05, 4.69) is 146 Å². The molecule has 4 heteroatoms. The van der Waals surface area contributed by atoms with E-state index >= 15 is 0 Å². The van der Waals surface area contributed by atoms with Gasteiger partial charge in [0.05, 0.1) is 0 Å². The van der Waals surface area contributed by atoms with Crippen LogP contribution in [0.15, 0.2) is 193 Å². The van der Waals surface area contributed by atoms with Crippen molar-refractivity contribution in [2.75, 3.05) is 0 Å². The Bertz CT molecular complexity index is 2980. The Morgan fingerprint density at radius 2 is 0.836 bits per heavy atom. The molecule has 2 unspecified atom stereocenters. The monoisotopic (exact) mass is 703 g/mol. The fraction of sp³-hybridized carbons (Fsp3) is 0.0392. The third-order valence-corrected chi connectivity index (χ3v) is 11.2. The zero-order valence-electron chi connectivity index (χ0n) is 29.8. The van der Waals surface area contributed by atoms with Gasteiger partial charge in [-0.3, -0.25) is 0 Å². The first-order chi connectivity index (χ1) is 27.2. The van der Waals surface area contributed by atoms with Gasteiger partial charge in [0, 0.05) is 39.3 Å². The Morgan fingerprint density at radius 3 is 1.53 bits per heavy atom. The average molecular weight is 704 g/mol. The molecule has 2 aliphatic carbocycles. The SMILES string of the molecule is C1=CC2c3ccccc3-c3cc(-c4ccc(-c5nc(-c6ccccc6)nc(-c6ccc(-c7ccc8oc9ccccc9c8c7)cc6)n5)cc4)ccc3C2C=C1. The number of hydrogen-bond acceptors (Lipinski definition) is 4. The molecule has 2 aliphatic rings. The quantitative estimate of drug-likeness (QED) is 0.179. The maximum atomic E-state index is 6.07. The first-order valence-electron chi connectivity index (χ1n) is 18.8. The first kappa shape index (κ1) is 31.4. The lowest BCUT2D eigenvalue weighted by atomic mass is 9.69. The number of aromatic nitrogens is 3. The maximum absolute atomic E-state index is 6.07. The Balaban J connectivity index is 0.940. The fourth-order valence-electron chi connectivity index (χ4n) is 8.37. The van der Waals surface area contributed by atoms with Crippen molar-refractivity contribution in [2.45, 2.75) is 11.8 Å². The molecule has 2 atom stereocenters. The van der Waals surface area contributed by atoms with Crippen LogP contribution in [0.5, 0.6) is 0 Å². The summed E-state index contributed by atoms with van der Waals surface area (Å²) in [5.41, 5.74) is 14.6. The predicted molar refractivity (Wildman–Crippen MR) is 223 cm³/mol. The summed E-state index contributed by atoms with van der Waals surface area (Å²) in [5.74, 6) is 2.64. The molecule has 2 aromatic heterocycles. The average Bonchev–Trinajstić information content (AvgIpc) is 3.65. The van der Waals surface area contributed by atoms with Gasteiger partial charge in [0.1, 0.15) is 11.2 Å². The molecule has 0 saturated carbocycles. The molecule has 4 nitrogen and oxygen atoms in total. The van der Waals surface area contributed by atoms with Crippen LogP contribution in [0.1, 0.15) is 23.0 Å². The zero-order chi connectivity index (χ0) is 36.3. The van der Waals surface area contributed by atoms with E-state index in [1.165, 1.54) is 27.8 Å². The molecule has 7 aromatic carbocycles. The fourth-order valence-corrected chi connectivity index (χ4v) is 8.37. The molecule has 0 bridgehead atoms. The Hall–Kier alpha value is -7.17. The molecular formula is C51H33N3O. The molecule has 0 aliphatic heterocycles. The summed E-state index contributed by atoms with van der Waals surface area (Å²) < 4.78 is 6.07. The van der Waals surface area contributed by atoms with Crippen LogP contribution in [-0.4, -0.2) is 15.0 Å². The van der Waals surface area contributed by atoms with Gasteiger partial charge in [0.15, 0.2) is 17.5 Å². The molecule has 2 heterocycles. The van der Waals surface area contributed by atoms with Crippen molar-refractivity contribution in [3.8, 4) is 67.5 Å². The van der Waals surface area contributed by atoms with Gasteiger partial charge >= 0.3 is 0 Å². The van der Waals surface area contributed by atoms with Gasteiger partial charge in [-0.05, 0) is 68.8 Å². The second-order valence-electron chi connectivity index (χ2n) is 14.3. The number of fused-ring (bicyclic) bond motifs is 9. The highest BCUT2D eigenvalue weighted by molar-refractivity contribution is 6.06. The summed E-state index contributed by atoms with van der Waals surface area (Å²) in [7, 11) is 0. The number of rotatable bonds is 5. The minimum atomic E-state index is 0.353. The van der Waals surface area contributed by atoms with Crippen molar-refractivity contribution in [3.63, 3.8) is 0 Å². The topological polar surface area (TPSA) is 51.8 Å². The highest BCUT2D eigenvalue weighted by Crippen LogP contribution is 2.50. The molecule has 0 radical (unpaired) electrons. The number of nitrogens with zero attached hydrogens (tertiary/aromatic N) is 3. The van der Waals surface area contributed by atoms with Crippen LogP contribution < -0.4 is 0 Å². The van der Waals surface area contributed by atoms with Crippen LogP contribution in [0.2, 0.25) is 0 Å². The van der Waals surface area contributed by atoms with E-state index in [0.29, 0.717) is 29.3 Å². The van der Waals surface area contributed by atoms with Gasteiger partial charge < -0.3 is 4.42 Å². The predicted octanol–water partition coefficient (Wildman–Crippen LogP) is 13.1. The number of para-hydroxylation sites is 1. The van der Waals surface area contributed by atoms with Gasteiger partial charge in [-0.2, -0.15) is 0 Å². The second-order valence-corrected chi connectivity index (χ2v) is 14.3. The highest BCUT2D eigenvalue weighted by Gasteiger charge is 2.31. The summed E-state index contributed by atoms with van der Waals surface area (Å²) in [4.78, 5) is 15.0. The van der Waals surface area contributed by atoms with E-state index in [9.17, 15) is 0 Å². The normalized spacial score (nSPS) is 15.5. The lowest BCUT2D eigenvalue weighted by Crippen LogP contribution is -2.16. The van der Waals surface area contributed by atoms with Gasteiger partial charge in [-0.1, -0.05) is 164 Å². The molecule has 0 amide bonds. The number of furan rings is 1. The van der Waals surface area contributed by atoms with Crippen molar-refractivity contribution in [1.82, 2.24) is 15.0 Å². The van der Waals surface area contributed by atoms with Crippen molar-refractivity contribution in [3.05, 3.63) is 199 Å². The lowest BCUT2D eigenvalue weighted by Gasteiger charge is -2.34. The first-order valence-corrected chi connectivity index (χ1v) is 18.8. The summed E-state index contributed by atoms with van der Waals surface area (Å²) in [6, 6.07) is 57.6. The molecule has 0 fully saturated rings. The Kier molecular flexibility index (Phi) is 7.27. The molecule has 55 heavy (non-hydrogen) atoms. The van der Waals surface area contributed by atoms with Gasteiger partial charge in [0.2, 0.25) is 0 Å². The lowest BCUT2D eigenvalue weighted by molar-refractivity contribution is 0.669. The van der Waals surface area contributed by atoms with Gasteiger partial charge in [-0.25, -0.2) is 15.0 Å². The Labute approximate surface area is 318 Å². The summed E-state index contributed by atoms with van der Waals surface area (Å²) >= 11 is 0. The van der Waals surface area contributed by atoms with Crippen LogP contribution in [0.4, 0.5) is 0 Å². The molecular weight excluding hydrogens is 671 g/mol. The van der Waals surface area contributed by atoms with Crippen LogP contribution in [0.25, 0.3) is 89.5 Å². The van der Waals surface area contributed by atoms with Crippen LogP contribution in [0.3, 0.4) is 0 Å². The van der Waals surface area contributed by atoms with Crippen molar-refractivity contribution in [2.24, 2.45) is 0 Å². The van der Waals surface area contributed by atoms with Gasteiger partial charge in [0.25, 0.3) is 0 Å². The number of hydrogen-bond donors (Lipinski definition) is 0. The van der Waals surface area contributed by atoms with E-state index in [-0.39, 0.29) is 0 Å². The zero-order valence-corrected chi connectivity index (χ0v) is 29.8. The van der Waals surface area contributed by atoms with E-state index < -0.39 is 0 Å². The number of benzene rings is 7. The third kappa shape index (κ3) is 5.42. The molecule has 0 N–H and O–H groups in total. The summed E-state index contributed by atoms with van der Waals surface area (Å²) in [5, 5.41) is 2.24. The summed E-state index contributed by atoms with van der Waals surface area (Å²) in [6.45, 7) is 0. The van der Waals surface area contributed by atoms with Crippen LogP contribution >= 0.6 is 0 Å². The van der Waals surface area contributed by atoms with Crippen molar-refractivity contribution < 1.29 is 4.42 Å². The largest absolute Gasteiger partial charge is 0.456 e. The standard InChI is InChI=1S/C51H33N3O/c1-2-10-34(11-3-1)49-52-50(54-51(53-49)36-24-20-33(21-25-36)38-27-29-48-46(31-38)44-16-8-9-17-47(44)55-48)35-22-18-32(19-23-35)37-26-28-43-41-14-5-4-12-39(41)40-13-6-7-15-42(40)45(43)30-37/h1-31,39,41H. The van der Waals surface area contributed by atoms with Crippen molar-refractivity contribution >= 4 is 21.9 Å². The van der Waals surface area contributed by atoms with E-state index in [1.807, 2.05) is 42.5 Å². The van der Waals surface area contributed by atoms with Gasteiger partial charge in [-0.15, -0.1) is 0 Å². The molecule has 0 spiro atoms. The van der Waals surface area contributed by atoms with E-state index in [4.69, 9.17) is 19.4 Å². The number of allylic oxidation sites excluding steroid dienone is 4. The Morgan fingerprint density at radius 1 is 0.345 bits per heavy atom. The highest BCUT2D eigenvalue weighted by atomic mass is 16.3. The van der Waals surface area contributed by atoms with Crippen molar-refractivity contribution in [1.29, 1.82) is 0 Å². The second kappa shape index (κ2) is 12.8. The van der Waals surface area contributed by atoms with E-state index in [0.717, 1.165) is 55.3 Å². The maximum Gasteiger partial charge on any atom is 0.164 e. The smallest absolute Gasteiger partial charge is 0.164 e.